The molecule has 1 aliphatic rings. The number of aliphatic hydroxyl groups is 1. The zero-order chi connectivity index (χ0) is 13.0. The Labute approximate surface area is 107 Å². The van der Waals surface area contributed by atoms with Crippen molar-refractivity contribution in [2.75, 3.05) is 19.8 Å². The Kier molecular flexibility index (Phi) is 4.42. The Morgan fingerprint density at radius 2 is 1.94 bits per heavy atom. The van der Waals surface area contributed by atoms with Crippen LogP contribution in [-0.4, -0.2) is 24.9 Å². The van der Waals surface area contributed by atoms with Gasteiger partial charge in [0.25, 0.3) is 0 Å². The fourth-order valence-corrected chi connectivity index (χ4v) is 2.12. The van der Waals surface area contributed by atoms with Gasteiger partial charge in [-0.1, -0.05) is 0 Å². The van der Waals surface area contributed by atoms with Crippen molar-refractivity contribution >= 4 is 0 Å². The first-order chi connectivity index (χ1) is 8.72. The highest BCUT2D eigenvalue weighted by Crippen LogP contribution is 2.36. The summed E-state index contributed by atoms with van der Waals surface area (Å²) in [6.45, 7) is 2.84. The number of ether oxygens (including phenoxy) is 2. The fourth-order valence-electron chi connectivity index (χ4n) is 2.12. The summed E-state index contributed by atoms with van der Waals surface area (Å²) < 4.78 is 24.8. The van der Waals surface area contributed by atoms with Crippen LogP contribution < -0.4 is 9.47 Å². The predicted molar refractivity (Wildman–Crippen MR) is 67.0 cm³/mol. The molecule has 1 heterocycles. The van der Waals surface area contributed by atoms with E-state index in [-0.39, 0.29) is 6.61 Å². The summed E-state index contributed by atoms with van der Waals surface area (Å²) in [7, 11) is 0. The van der Waals surface area contributed by atoms with Gasteiger partial charge in [0.1, 0.15) is 6.17 Å². The zero-order valence-corrected chi connectivity index (χ0v) is 10.6. The fraction of sp³-hybridized carbons (Fsp3) is 0.571. The largest absolute Gasteiger partial charge is 0.490 e. The normalized spacial score (nSPS) is 16.2. The molecule has 1 aromatic carbocycles. The second-order valence-corrected chi connectivity index (χ2v) is 4.49. The van der Waals surface area contributed by atoms with Gasteiger partial charge in [0.2, 0.25) is 0 Å². The molecule has 100 valence electrons. The minimum absolute atomic E-state index is 0.106. The molecule has 1 atom stereocenters. The van der Waals surface area contributed by atoms with E-state index in [1.807, 2.05) is 6.07 Å². The van der Waals surface area contributed by atoms with Gasteiger partial charge < -0.3 is 14.6 Å². The quantitative estimate of drug-likeness (QED) is 0.898. The SMILES string of the molecule is CC(F)c1cc2c(cc1CCCO)OCCCO2. The third-order valence-electron chi connectivity index (χ3n) is 3.04. The van der Waals surface area contributed by atoms with Crippen LogP contribution in [0, 0.1) is 0 Å². The maximum absolute atomic E-state index is 13.6. The van der Waals surface area contributed by atoms with Crippen LogP contribution >= 0.6 is 0 Å². The van der Waals surface area contributed by atoms with E-state index in [4.69, 9.17) is 14.6 Å². The molecular weight excluding hydrogens is 235 g/mol. The predicted octanol–water partition coefficient (Wildman–Crippen LogP) is 2.80. The van der Waals surface area contributed by atoms with Gasteiger partial charge in [-0.05, 0) is 43.0 Å². The van der Waals surface area contributed by atoms with E-state index in [2.05, 4.69) is 0 Å². The molecule has 3 nitrogen and oxygen atoms in total. The molecule has 2 rings (SSSR count). The van der Waals surface area contributed by atoms with Crippen molar-refractivity contribution in [1.29, 1.82) is 0 Å². The molecule has 1 aliphatic heterocycles. The summed E-state index contributed by atoms with van der Waals surface area (Å²) in [5.74, 6) is 1.31. The molecule has 0 fully saturated rings. The van der Waals surface area contributed by atoms with E-state index in [1.165, 1.54) is 6.92 Å². The lowest BCUT2D eigenvalue weighted by Crippen LogP contribution is -2.01. The van der Waals surface area contributed by atoms with Crippen molar-refractivity contribution < 1.29 is 19.0 Å². The summed E-state index contributed by atoms with van der Waals surface area (Å²) in [6, 6.07) is 3.58. The summed E-state index contributed by atoms with van der Waals surface area (Å²) in [4.78, 5) is 0. The Bertz CT molecular complexity index is 404. The highest BCUT2D eigenvalue weighted by molar-refractivity contribution is 5.48. The van der Waals surface area contributed by atoms with Gasteiger partial charge in [0.05, 0.1) is 13.2 Å². The average molecular weight is 254 g/mol. The van der Waals surface area contributed by atoms with Crippen LogP contribution in [0.5, 0.6) is 11.5 Å². The molecule has 1 N–H and O–H groups in total. The Morgan fingerprint density at radius 1 is 1.28 bits per heavy atom. The molecule has 1 unspecified atom stereocenters. The van der Waals surface area contributed by atoms with E-state index in [0.717, 1.165) is 12.0 Å². The number of hydrogen-bond donors (Lipinski definition) is 1. The van der Waals surface area contributed by atoms with Gasteiger partial charge in [0.15, 0.2) is 11.5 Å². The molecule has 0 amide bonds. The highest BCUT2D eigenvalue weighted by atomic mass is 19.1. The van der Waals surface area contributed by atoms with Gasteiger partial charge in [-0.25, -0.2) is 4.39 Å². The summed E-state index contributed by atoms with van der Waals surface area (Å²) in [6.07, 6.45) is 1.06. The summed E-state index contributed by atoms with van der Waals surface area (Å²) in [5, 5.41) is 8.89. The summed E-state index contributed by atoms with van der Waals surface area (Å²) >= 11 is 0. The third-order valence-corrected chi connectivity index (χ3v) is 3.04. The summed E-state index contributed by atoms with van der Waals surface area (Å²) in [5.41, 5.74) is 1.52. The minimum Gasteiger partial charge on any atom is -0.490 e. The number of hydrogen-bond acceptors (Lipinski definition) is 3. The van der Waals surface area contributed by atoms with Crippen LogP contribution in [0.2, 0.25) is 0 Å². The maximum Gasteiger partial charge on any atom is 0.161 e. The first-order valence-electron chi connectivity index (χ1n) is 6.39. The first kappa shape index (κ1) is 13.1. The lowest BCUT2D eigenvalue weighted by molar-refractivity contribution is 0.287. The van der Waals surface area contributed by atoms with Crippen LogP contribution in [0.3, 0.4) is 0 Å². The third kappa shape index (κ3) is 2.93. The minimum atomic E-state index is -1.05. The molecular formula is C14H19FO3. The Morgan fingerprint density at radius 3 is 2.56 bits per heavy atom. The van der Waals surface area contributed by atoms with Gasteiger partial charge in [-0.3, -0.25) is 0 Å². The molecule has 18 heavy (non-hydrogen) atoms. The van der Waals surface area contributed by atoms with E-state index in [0.29, 0.717) is 43.1 Å². The number of benzene rings is 1. The molecule has 0 spiro atoms. The van der Waals surface area contributed by atoms with Crippen molar-refractivity contribution in [2.24, 2.45) is 0 Å². The van der Waals surface area contributed by atoms with E-state index >= 15 is 0 Å². The Balaban J connectivity index is 2.34. The number of aliphatic hydroxyl groups excluding tert-OH is 1. The monoisotopic (exact) mass is 254 g/mol. The number of alkyl halides is 1. The van der Waals surface area contributed by atoms with Gasteiger partial charge in [-0.15, -0.1) is 0 Å². The van der Waals surface area contributed by atoms with E-state index in [1.54, 1.807) is 6.07 Å². The van der Waals surface area contributed by atoms with Crippen LogP contribution in [0.4, 0.5) is 4.39 Å². The van der Waals surface area contributed by atoms with Gasteiger partial charge >= 0.3 is 0 Å². The van der Waals surface area contributed by atoms with Crippen molar-refractivity contribution in [3.63, 3.8) is 0 Å². The second kappa shape index (κ2) is 6.05. The van der Waals surface area contributed by atoms with Crippen molar-refractivity contribution in [3.05, 3.63) is 23.3 Å². The first-order valence-corrected chi connectivity index (χ1v) is 6.39. The molecule has 0 saturated heterocycles. The lowest BCUT2D eigenvalue weighted by Gasteiger charge is -2.15. The number of halogens is 1. The van der Waals surface area contributed by atoms with Crippen molar-refractivity contribution in [3.8, 4) is 11.5 Å². The Hall–Kier alpha value is -1.29. The second-order valence-electron chi connectivity index (χ2n) is 4.49. The van der Waals surface area contributed by atoms with Crippen molar-refractivity contribution in [2.45, 2.75) is 32.4 Å². The van der Waals surface area contributed by atoms with Crippen molar-refractivity contribution in [1.82, 2.24) is 0 Å². The standard InChI is InChI=1S/C14H19FO3/c1-10(15)12-9-14-13(17-6-3-7-18-14)8-11(12)4-2-5-16/h8-10,16H,2-7H2,1H3. The van der Waals surface area contributed by atoms with Crippen LogP contribution in [-0.2, 0) is 6.42 Å². The van der Waals surface area contributed by atoms with E-state index in [9.17, 15) is 4.39 Å². The maximum atomic E-state index is 13.6. The van der Waals surface area contributed by atoms with E-state index < -0.39 is 6.17 Å². The van der Waals surface area contributed by atoms with Gasteiger partial charge in [-0.2, -0.15) is 0 Å². The average Bonchev–Trinajstić information content (AvgIpc) is 2.59. The topological polar surface area (TPSA) is 38.7 Å². The molecule has 0 aliphatic carbocycles. The van der Waals surface area contributed by atoms with Gasteiger partial charge in [0, 0.05) is 13.0 Å². The number of fused-ring (bicyclic) bond motifs is 1. The van der Waals surface area contributed by atoms with Crippen LogP contribution in [0.1, 0.15) is 37.1 Å². The molecule has 0 bridgehead atoms. The molecule has 0 aromatic heterocycles. The molecule has 0 radical (unpaired) electrons. The van der Waals surface area contributed by atoms with Crippen LogP contribution in [0.15, 0.2) is 12.1 Å². The molecule has 1 aromatic rings. The highest BCUT2D eigenvalue weighted by Gasteiger charge is 2.17. The number of aryl methyl sites for hydroxylation is 1. The smallest absolute Gasteiger partial charge is 0.161 e. The lowest BCUT2D eigenvalue weighted by atomic mass is 9.99. The molecule has 0 saturated carbocycles. The van der Waals surface area contributed by atoms with Crippen LogP contribution in [0.25, 0.3) is 0 Å². The number of rotatable bonds is 4. The zero-order valence-electron chi connectivity index (χ0n) is 10.6. The molecule has 4 heteroatoms.